The Balaban J connectivity index is 1.39. The number of nitrogens with zero attached hydrogens (tertiary/aromatic N) is 4. The van der Waals surface area contributed by atoms with E-state index in [4.69, 9.17) is 0 Å². The number of likely N-dealkylation sites (tertiary alicyclic amines) is 1. The van der Waals surface area contributed by atoms with Gasteiger partial charge in [0.15, 0.2) is 0 Å². The number of amides is 1. The molecule has 4 rings (SSSR count). The van der Waals surface area contributed by atoms with Crippen molar-refractivity contribution in [2.45, 2.75) is 18.6 Å². The summed E-state index contributed by atoms with van der Waals surface area (Å²) in [6, 6.07) is 10.8. The normalized spacial score (nSPS) is 19.7. The van der Waals surface area contributed by atoms with Gasteiger partial charge in [-0.15, -0.1) is 0 Å². The first kappa shape index (κ1) is 17.2. The summed E-state index contributed by atoms with van der Waals surface area (Å²) in [6.45, 7) is 0.828. The van der Waals surface area contributed by atoms with Gasteiger partial charge in [0.1, 0.15) is 0 Å². The van der Waals surface area contributed by atoms with Crippen molar-refractivity contribution in [2.75, 3.05) is 18.4 Å². The monoisotopic (exact) mass is 364 g/mol. The second kappa shape index (κ2) is 7.55. The number of β-amino-alcohol motifs (C(OH)–C–C–N with tert-alkyl or cyclic N) is 1. The zero-order valence-electron chi connectivity index (χ0n) is 14.6. The summed E-state index contributed by atoms with van der Waals surface area (Å²) in [5, 5.41) is 20.4. The number of aromatic nitrogens is 4. The van der Waals surface area contributed by atoms with Crippen LogP contribution in [0.1, 0.15) is 16.8 Å². The zero-order chi connectivity index (χ0) is 18.6. The molecule has 1 saturated heterocycles. The molecule has 1 aromatic carbocycles. The molecule has 3 aromatic rings. The van der Waals surface area contributed by atoms with E-state index in [1.54, 1.807) is 41.7 Å². The van der Waals surface area contributed by atoms with Gasteiger partial charge < -0.3 is 15.3 Å². The van der Waals surface area contributed by atoms with Crippen LogP contribution in [0.2, 0.25) is 0 Å². The first-order valence-electron chi connectivity index (χ1n) is 8.81. The van der Waals surface area contributed by atoms with Gasteiger partial charge in [-0.2, -0.15) is 5.10 Å². The number of piperidine rings is 1. The number of aliphatic hydroxyl groups is 1. The maximum atomic E-state index is 12.8. The van der Waals surface area contributed by atoms with Crippen LogP contribution in [-0.4, -0.2) is 61.3 Å². The van der Waals surface area contributed by atoms with Crippen LogP contribution in [0, 0.1) is 0 Å². The molecule has 0 saturated carbocycles. The zero-order valence-corrected chi connectivity index (χ0v) is 14.6. The van der Waals surface area contributed by atoms with Crippen molar-refractivity contribution in [3.63, 3.8) is 0 Å². The highest BCUT2D eigenvalue weighted by atomic mass is 16.3. The molecular formula is C19H20N6O2. The average molecular weight is 364 g/mol. The maximum absolute atomic E-state index is 12.8. The van der Waals surface area contributed by atoms with E-state index < -0.39 is 6.10 Å². The molecule has 27 heavy (non-hydrogen) atoms. The van der Waals surface area contributed by atoms with Gasteiger partial charge in [0.05, 0.1) is 17.8 Å². The standard InChI is InChI=1S/C19H20N6O2/c26-17-12-25(11-7-16(17)23-19-20-8-1-9-21-19)18(27)14-4-2-13(3-5-14)15-6-10-22-24-15/h1-6,8-10,16-17,26H,7,11-12H2,(H,22,24)(H,20,21,23). The van der Waals surface area contributed by atoms with Gasteiger partial charge in [-0.3, -0.25) is 9.89 Å². The lowest BCUT2D eigenvalue weighted by molar-refractivity contribution is 0.0425. The minimum Gasteiger partial charge on any atom is -0.389 e. The second-order valence-electron chi connectivity index (χ2n) is 6.48. The summed E-state index contributed by atoms with van der Waals surface area (Å²) in [4.78, 5) is 22.7. The van der Waals surface area contributed by atoms with Crippen molar-refractivity contribution in [3.8, 4) is 11.3 Å². The van der Waals surface area contributed by atoms with E-state index in [1.807, 2.05) is 18.2 Å². The Bertz CT molecular complexity index is 882. The van der Waals surface area contributed by atoms with Crippen LogP contribution >= 0.6 is 0 Å². The van der Waals surface area contributed by atoms with Gasteiger partial charge in [0.25, 0.3) is 5.91 Å². The quantitative estimate of drug-likeness (QED) is 0.648. The lowest BCUT2D eigenvalue weighted by atomic mass is 10.0. The van der Waals surface area contributed by atoms with Crippen LogP contribution in [-0.2, 0) is 0 Å². The molecule has 1 aliphatic rings. The molecule has 0 aliphatic carbocycles. The predicted molar refractivity (Wildman–Crippen MR) is 100.0 cm³/mol. The second-order valence-corrected chi connectivity index (χ2v) is 6.48. The fourth-order valence-corrected chi connectivity index (χ4v) is 3.22. The van der Waals surface area contributed by atoms with E-state index in [0.29, 0.717) is 24.5 Å². The Morgan fingerprint density at radius 1 is 1.15 bits per heavy atom. The minimum absolute atomic E-state index is 0.0837. The Morgan fingerprint density at radius 3 is 2.59 bits per heavy atom. The van der Waals surface area contributed by atoms with Crippen LogP contribution in [0.5, 0.6) is 0 Å². The smallest absolute Gasteiger partial charge is 0.253 e. The SMILES string of the molecule is O=C(c1ccc(-c2ccn[nH]2)cc1)N1CCC(Nc2ncccn2)C(O)C1. The number of rotatable bonds is 4. The maximum Gasteiger partial charge on any atom is 0.253 e. The molecule has 3 heterocycles. The molecule has 8 nitrogen and oxygen atoms in total. The third-order valence-electron chi connectivity index (χ3n) is 4.69. The molecule has 0 spiro atoms. The predicted octanol–water partition coefficient (Wildman–Crippen LogP) is 1.55. The highest BCUT2D eigenvalue weighted by Gasteiger charge is 2.31. The largest absolute Gasteiger partial charge is 0.389 e. The van der Waals surface area contributed by atoms with E-state index in [-0.39, 0.29) is 18.5 Å². The summed E-state index contributed by atoms with van der Waals surface area (Å²) in [5.41, 5.74) is 2.47. The van der Waals surface area contributed by atoms with E-state index in [0.717, 1.165) is 11.3 Å². The molecule has 0 radical (unpaired) electrons. The molecule has 0 bridgehead atoms. The number of aromatic amines is 1. The fraction of sp³-hybridized carbons (Fsp3) is 0.263. The minimum atomic E-state index is -0.684. The Morgan fingerprint density at radius 2 is 1.93 bits per heavy atom. The number of benzene rings is 1. The first-order valence-corrected chi connectivity index (χ1v) is 8.81. The number of hydrogen-bond donors (Lipinski definition) is 3. The number of carbonyl (C=O) groups excluding carboxylic acids is 1. The molecular weight excluding hydrogens is 344 g/mol. The average Bonchev–Trinajstić information content (AvgIpc) is 3.25. The lowest BCUT2D eigenvalue weighted by Gasteiger charge is -2.36. The van der Waals surface area contributed by atoms with Gasteiger partial charge in [-0.05, 0) is 36.2 Å². The van der Waals surface area contributed by atoms with Gasteiger partial charge in [0.2, 0.25) is 5.95 Å². The van der Waals surface area contributed by atoms with E-state index >= 15 is 0 Å². The van der Waals surface area contributed by atoms with Crippen molar-refractivity contribution in [1.29, 1.82) is 0 Å². The van der Waals surface area contributed by atoms with Gasteiger partial charge in [-0.25, -0.2) is 9.97 Å². The number of H-pyrrole nitrogens is 1. The van der Waals surface area contributed by atoms with Crippen molar-refractivity contribution in [1.82, 2.24) is 25.1 Å². The molecule has 8 heteroatoms. The summed E-state index contributed by atoms with van der Waals surface area (Å²) in [7, 11) is 0. The number of carbonyl (C=O) groups is 1. The first-order chi connectivity index (χ1) is 13.2. The van der Waals surface area contributed by atoms with Crippen LogP contribution in [0.3, 0.4) is 0 Å². The summed E-state index contributed by atoms with van der Waals surface area (Å²) >= 11 is 0. The lowest BCUT2D eigenvalue weighted by Crippen LogP contribution is -2.51. The van der Waals surface area contributed by atoms with Crippen molar-refractivity contribution in [3.05, 3.63) is 60.6 Å². The molecule has 3 N–H and O–H groups in total. The van der Waals surface area contributed by atoms with Gasteiger partial charge in [-0.1, -0.05) is 12.1 Å². The number of nitrogens with one attached hydrogen (secondary N) is 2. The molecule has 138 valence electrons. The molecule has 1 fully saturated rings. The van der Waals surface area contributed by atoms with Crippen LogP contribution in [0.25, 0.3) is 11.3 Å². The van der Waals surface area contributed by atoms with E-state index in [9.17, 15) is 9.90 Å². The molecule has 2 aromatic heterocycles. The topological polar surface area (TPSA) is 107 Å². The fourth-order valence-electron chi connectivity index (χ4n) is 3.22. The summed E-state index contributed by atoms with van der Waals surface area (Å²) < 4.78 is 0. The van der Waals surface area contributed by atoms with Crippen molar-refractivity contribution >= 4 is 11.9 Å². The molecule has 2 unspecified atom stereocenters. The highest BCUT2D eigenvalue weighted by Crippen LogP contribution is 2.20. The van der Waals surface area contributed by atoms with Gasteiger partial charge >= 0.3 is 0 Å². The summed E-state index contributed by atoms with van der Waals surface area (Å²) in [5.74, 6) is 0.398. The van der Waals surface area contributed by atoms with Crippen molar-refractivity contribution in [2.24, 2.45) is 0 Å². The van der Waals surface area contributed by atoms with E-state index in [1.165, 1.54) is 0 Å². The van der Waals surface area contributed by atoms with Crippen molar-refractivity contribution < 1.29 is 9.90 Å². The Hall–Kier alpha value is -3.26. The number of aliphatic hydroxyl groups excluding tert-OH is 1. The number of hydrogen-bond acceptors (Lipinski definition) is 6. The molecule has 2 atom stereocenters. The molecule has 1 amide bonds. The number of anilines is 1. The third-order valence-corrected chi connectivity index (χ3v) is 4.69. The van der Waals surface area contributed by atoms with E-state index in [2.05, 4.69) is 25.5 Å². The van der Waals surface area contributed by atoms with Crippen LogP contribution in [0.15, 0.2) is 55.0 Å². The third kappa shape index (κ3) is 3.80. The highest BCUT2D eigenvalue weighted by molar-refractivity contribution is 5.94. The summed E-state index contributed by atoms with van der Waals surface area (Å²) in [6.07, 6.45) is 4.92. The Labute approximate surface area is 156 Å². The molecule has 1 aliphatic heterocycles. The van der Waals surface area contributed by atoms with Crippen LogP contribution < -0.4 is 5.32 Å². The van der Waals surface area contributed by atoms with Crippen LogP contribution in [0.4, 0.5) is 5.95 Å². The van der Waals surface area contributed by atoms with Gasteiger partial charge in [0, 0.05) is 37.2 Å². The Kier molecular flexibility index (Phi) is 4.80.